The topological polar surface area (TPSA) is 61.8 Å². The van der Waals surface area contributed by atoms with E-state index in [2.05, 4.69) is 62.9 Å². The van der Waals surface area contributed by atoms with Crippen molar-refractivity contribution in [2.75, 3.05) is 18.0 Å². The van der Waals surface area contributed by atoms with Crippen molar-refractivity contribution in [3.05, 3.63) is 54.0 Å². The van der Waals surface area contributed by atoms with E-state index in [1.807, 2.05) is 24.1 Å². The molecule has 1 atom stereocenters. The lowest BCUT2D eigenvalue weighted by Crippen LogP contribution is -2.32. The van der Waals surface area contributed by atoms with Gasteiger partial charge in [0.15, 0.2) is 0 Å². The van der Waals surface area contributed by atoms with Gasteiger partial charge in [0.2, 0.25) is 0 Å². The molecule has 1 saturated heterocycles. The van der Waals surface area contributed by atoms with Crippen LogP contribution in [0.4, 0.5) is 5.69 Å². The summed E-state index contributed by atoms with van der Waals surface area (Å²) < 4.78 is 1.86. The van der Waals surface area contributed by atoms with Gasteiger partial charge in [0.05, 0.1) is 23.8 Å². The zero-order valence-corrected chi connectivity index (χ0v) is 14.7. The van der Waals surface area contributed by atoms with Crippen molar-refractivity contribution in [1.82, 2.24) is 25.3 Å². The molecule has 0 bridgehead atoms. The Labute approximate surface area is 147 Å². The van der Waals surface area contributed by atoms with Gasteiger partial charge in [-0.05, 0) is 19.4 Å². The molecule has 1 aliphatic heterocycles. The molecule has 3 heterocycles. The van der Waals surface area contributed by atoms with Crippen LogP contribution in [0.2, 0.25) is 0 Å². The van der Waals surface area contributed by atoms with Gasteiger partial charge in [0, 0.05) is 50.0 Å². The molecule has 0 amide bonds. The number of hydrogen-bond donors (Lipinski definition) is 2. The van der Waals surface area contributed by atoms with E-state index in [0.29, 0.717) is 6.04 Å². The molecule has 4 rings (SSSR count). The quantitative estimate of drug-likeness (QED) is 0.751. The van der Waals surface area contributed by atoms with Crippen LogP contribution in [-0.2, 0) is 13.6 Å². The van der Waals surface area contributed by atoms with Crippen LogP contribution in [0.5, 0.6) is 0 Å². The largest absolute Gasteiger partial charge is 0.367 e. The fourth-order valence-corrected chi connectivity index (χ4v) is 3.48. The van der Waals surface area contributed by atoms with Gasteiger partial charge in [-0.3, -0.25) is 9.78 Å². The van der Waals surface area contributed by atoms with Crippen LogP contribution in [0.1, 0.15) is 17.5 Å². The summed E-state index contributed by atoms with van der Waals surface area (Å²) in [6.45, 7) is 5.03. The van der Waals surface area contributed by atoms with E-state index in [-0.39, 0.29) is 0 Å². The van der Waals surface area contributed by atoms with Gasteiger partial charge in [0.1, 0.15) is 0 Å². The molecule has 1 unspecified atom stereocenters. The Morgan fingerprint density at radius 2 is 2.24 bits per heavy atom. The zero-order chi connectivity index (χ0) is 17.2. The van der Waals surface area contributed by atoms with Gasteiger partial charge in [-0.15, -0.1) is 0 Å². The Kier molecular flexibility index (Phi) is 4.28. The zero-order valence-electron chi connectivity index (χ0n) is 14.7. The van der Waals surface area contributed by atoms with Crippen molar-refractivity contribution in [2.24, 2.45) is 7.05 Å². The standard InChI is InChI=1S/C19H24N6/c1-14-4-3-5-15(8-14)19-16(10-21-23-19)9-20-17-6-7-25(12-17)18-11-22-24(2)13-18/h3-5,8,10-11,13,17,20H,6-7,9,12H2,1-2H3,(H,21,23). The lowest BCUT2D eigenvalue weighted by atomic mass is 10.1. The molecule has 130 valence electrons. The molecule has 6 heteroatoms. The summed E-state index contributed by atoms with van der Waals surface area (Å²) >= 11 is 0. The van der Waals surface area contributed by atoms with Crippen LogP contribution in [0.3, 0.4) is 0 Å². The molecule has 25 heavy (non-hydrogen) atoms. The van der Waals surface area contributed by atoms with Gasteiger partial charge in [-0.1, -0.05) is 23.8 Å². The van der Waals surface area contributed by atoms with Crippen molar-refractivity contribution < 1.29 is 0 Å². The molecule has 6 nitrogen and oxygen atoms in total. The first-order valence-corrected chi connectivity index (χ1v) is 8.75. The maximum atomic E-state index is 4.27. The van der Waals surface area contributed by atoms with Crippen molar-refractivity contribution in [3.8, 4) is 11.3 Å². The number of hydrogen-bond acceptors (Lipinski definition) is 4. The highest BCUT2D eigenvalue weighted by molar-refractivity contribution is 5.63. The van der Waals surface area contributed by atoms with E-state index >= 15 is 0 Å². The number of nitrogens with one attached hydrogen (secondary N) is 2. The third-order valence-electron chi connectivity index (χ3n) is 4.85. The van der Waals surface area contributed by atoms with E-state index in [1.54, 1.807) is 0 Å². The molecule has 0 saturated carbocycles. The Balaban J connectivity index is 1.39. The number of H-pyrrole nitrogens is 1. The Morgan fingerprint density at radius 1 is 1.32 bits per heavy atom. The maximum absolute atomic E-state index is 4.27. The second kappa shape index (κ2) is 6.72. The molecule has 2 aromatic heterocycles. The van der Waals surface area contributed by atoms with Crippen LogP contribution in [0.15, 0.2) is 42.9 Å². The fourth-order valence-electron chi connectivity index (χ4n) is 3.48. The van der Waals surface area contributed by atoms with Gasteiger partial charge in [-0.2, -0.15) is 10.2 Å². The Hall–Kier alpha value is -2.60. The molecule has 3 aromatic rings. The maximum Gasteiger partial charge on any atom is 0.0752 e. The monoisotopic (exact) mass is 336 g/mol. The molecule has 0 radical (unpaired) electrons. The number of aryl methyl sites for hydroxylation is 2. The SMILES string of the molecule is Cc1cccc(-c2[nH]ncc2CNC2CCN(c3cnn(C)c3)C2)c1. The van der Waals surface area contributed by atoms with Crippen molar-refractivity contribution >= 4 is 5.69 Å². The number of rotatable bonds is 5. The first-order valence-electron chi connectivity index (χ1n) is 8.75. The second-order valence-corrected chi connectivity index (χ2v) is 6.82. The number of aromatic amines is 1. The first-order chi connectivity index (χ1) is 12.2. The lowest BCUT2D eigenvalue weighted by Gasteiger charge is -2.17. The predicted octanol–water partition coefficient (Wildman–Crippen LogP) is 2.49. The van der Waals surface area contributed by atoms with Crippen LogP contribution in [-0.4, -0.2) is 39.1 Å². The molecule has 1 aliphatic rings. The van der Waals surface area contributed by atoms with Gasteiger partial charge in [-0.25, -0.2) is 0 Å². The average Bonchev–Trinajstić information content (AvgIpc) is 3.33. The minimum atomic E-state index is 0.487. The number of aromatic nitrogens is 4. The minimum absolute atomic E-state index is 0.487. The molecule has 0 aliphatic carbocycles. The minimum Gasteiger partial charge on any atom is -0.367 e. The number of nitrogens with zero attached hydrogens (tertiary/aromatic N) is 4. The third kappa shape index (κ3) is 3.44. The highest BCUT2D eigenvalue weighted by atomic mass is 15.3. The van der Waals surface area contributed by atoms with E-state index in [1.165, 1.54) is 22.4 Å². The summed E-state index contributed by atoms with van der Waals surface area (Å²) in [4.78, 5) is 2.39. The fraction of sp³-hybridized carbons (Fsp3) is 0.368. The van der Waals surface area contributed by atoms with E-state index in [4.69, 9.17) is 0 Å². The normalized spacial score (nSPS) is 17.4. The van der Waals surface area contributed by atoms with E-state index < -0.39 is 0 Å². The second-order valence-electron chi connectivity index (χ2n) is 6.82. The smallest absolute Gasteiger partial charge is 0.0752 e. The average molecular weight is 336 g/mol. The molecular formula is C19H24N6. The summed E-state index contributed by atoms with van der Waals surface area (Å²) in [5, 5.41) is 15.4. The molecule has 1 fully saturated rings. The van der Waals surface area contributed by atoms with Crippen molar-refractivity contribution in [3.63, 3.8) is 0 Å². The summed E-state index contributed by atoms with van der Waals surface area (Å²) in [5.41, 5.74) is 5.98. The van der Waals surface area contributed by atoms with Gasteiger partial charge in [0.25, 0.3) is 0 Å². The highest BCUT2D eigenvalue weighted by Crippen LogP contribution is 2.23. The molecule has 1 aromatic carbocycles. The molecule has 0 spiro atoms. The Morgan fingerprint density at radius 3 is 3.04 bits per heavy atom. The highest BCUT2D eigenvalue weighted by Gasteiger charge is 2.23. The van der Waals surface area contributed by atoms with Crippen LogP contribution >= 0.6 is 0 Å². The van der Waals surface area contributed by atoms with Gasteiger partial charge >= 0.3 is 0 Å². The van der Waals surface area contributed by atoms with Crippen LogP contribution in [0.25, 0.3) is 11.3 Å². The van der Waals surface area contributed by atoms with Crippen molar-refractivity contribution in [1.29, 1.82) is 0 Å². The number of anilines is 1. The predicted molar refractivity (Wildman–Crippen MR) is 99.4 cm³/mol. The lowest BCUT2D eigenvalue weighted by molar-refractivity contribution is 0.552. The summed E-state index contributed by atoms with van der Waals surface area (Å²) in [5.74, 6) is 0. The van der Waals surface area contributed by atoms with Gasteiger partial charge < -0.3 is 10.2 Å². The summed E-state index contributed by atoms with van der Waals surface area (Å²) in [7, 11) is 1.96. The molecular weight excluding hydrogens is 312 g/mol. The van der Waals surface area contributed by atoms with E-state index in [9.17, 15) is 0 Å². The van der Waals surface area contributed by atoms with Crippen LogP contribution in [0, 0.1) is 6.92 Å². The summed E-state index contributed by atoms with van der Waals surface area (Å²) in [6.07, 6.45) is 7.09. The summed E-state index contributed by atoms with van der Waals surface area (Å²) in [6, 6.07) is 9.01. The first kappa shape index (κ1) is 15.9. The Bertz CT molecular complexity index is 849. The van der Waals surface area contributed by atoms with Crippen LogP contribution < -0.4 is 10.2 Å². The number of benzene rings is 1. The third-order valence-corrected chi connectivity index (χ3v) is 4.85. The van der Waals surface area contributed by atoms with E-state index in [0.717, 1.165) is 31.7 Å². The molecule has 2 N–H and O–H groups in total. The van der Waals surface area contributed by atoms with Crippen molar-refractivity contribution in [2.45, 2.75) is 25.9 Å².